The number of aryl methyl sites for hydroxylation is 5. The number of benzene rings is 2. The molecular weight excluding hydrogens is 320 g/mol. The molecule has 0 aromatic heterocycles. The van der Waals surface area contributed by atoms with Crippen LogP contribution in [0, 0.1) is 48.5 Å². The van der Waals surface area contributed by atoms with E-state index in [1.54, 1.807) is 0 Å². The summed E-state index contributed by atoms with van der Waals surface area (Å²) in [5, 5.41) is 0. The Morgan fingerprint density at radius 2 is 1.05 bits per heavy atom. The van der Waals surface area contributed by atoms with Crippen LogP contribution >= 0.6 is 15.9 Å². The van der Waals surface area contributed by atoms with Gasteiger partial charge in [0.1, 0.15) is 0 Å². The second kappa shape index (κ2) is 5.96. The monoisotopic (exact) mass is 344 g/mol. The van der Waals surface area contributed by atoms with Crippen LogP contribution in [0.5, 0.6) is 0 Å². The Labute approximate surface area is 137 Å². The van der Waals surface area contributed by atoms with Crippen LogP contribution in [0.3, 0.4) is 0 Å². The molecule has 0 aliphatic rings. The fourth-order valence-electron chi connectivity index (χ4n) is 3.36. The summed E-state index contributed by atoms with van der Waals surface area (Å²) in [5.41, 5.74) is 12.5. The number of rotatable bonds is 2. The lowest BCUT2D eigenvalue weighted by Gasteiger charge is -2.23. The van der Waals surface area contributed by atoms with Crippen LogP contribution in [0.1, 0.15) is 54.9 Å². The van der Waals surface area contributed by atoms with Crippen molar-refractivity contribution in [3.05, 3.63) is 68.3 Å². The minimum absolute atomic E-state index is 0.261. The predicted molar refractivity (Wildman–Crippen MR) is 96.8 cm³/mol. The van der Waals surface area contributed by atoms with Gasteiger partial charge in [0.05, 0.1) is 4.83 Å². The van der Waals surface area contributed by atoms with E-state index in [0.29, 0.717) is 0 Å². The van der Waals surface area contributed by atoms with Gasteiger partial charge in [0.25, 0.3) is 0 Å². The van der Waals surface area contributed by atoms with Gasteiger partial charge in [-0.2, -0.15) is 0 Å². The van der Waals surface area contributed by atoms with E-state index in [4.69, 9.17) is 0 Å². The predicted octanol–water partition coefficient (Wildman–Crippen LogP) is 6.33. The Bertz CT molecular complexity index is 646. The van der Waals surface area contributed by atoms with Gasteiger partial charge in [-0.1, -0.05) is 39.7 Å². The molecule has 0 nitrogen and oxygen atoms in total. The van der Waals surface area contributed by atoms with Gasteiger partial charge < -0.3 is 0 Å². The second-order valence-electron chi connectivity index (χ2n) is 6.35. The molecule has 1 unspecified atom stereocenters. The third-order valence-electron chi connectivity index (χ3n) is 4.67. The van der Waals surface area contributed by atoms with E-state index in [2.05, 4.69) is 82.6 Å². The van der Waals surface area contributed by atoms with Crippen LogP contribution in [-0.2, 0) is 0 Å². The first-order chi connectivity index (χ1) is 9.73. The molecule has 0 aliphatic carbocycles. The van der Waals surface area contributed by atoms with Crippen LogP contribution in [0.4, 0.5) is 0 Å². The lowest BCUT2D eigenvalue weighted by molar-refractivity contribution is 1.04. The average Bonchev–Trinajstić information content (AvgIpc) is 2.35. The van der Waals surface area contributed by atoms with Gasteiger partial charge in [-0.3, -0.25) is 0 Å². The van der Waals surface area contributed by atoms with Gasteiger partial charge in [0, 0.05) is 0 Å². The molecule has 0 aliphatic heterocycles. The standard InChI is InChI=1S/C20H25Br/c1-11-8-14(4)18(15(5)9-11)20(21)19-16(6)12(2)10-13(3)17(19)7/h8-10,20H,1-7H3. The summed E-state index contributed by atoms with van der Waals surface area (Å²) in [7, 11) is 0. The minimum atomic E-state index is 0.261. The first-order valence-electron chi connectivity index (χ1n) is 7.53. The van der Waals surface area contributed by atoms with Gasteiger partial charge >= 0.3 is 0 Å². The Hall–Kier alpha value is -1.08. The van der Waals surface area contributed by atoms with E-state index in [1.165, 1.54) is 50.1 Å². The van der Waals surface area contributed by atoms with Gasteiger partial charge in [0.15, 0.2) is 0 Å². The molecule has 112 valence electrons. The van der Waals surface area contributed by atoms with Gasteiger partial charge in [-0.05, 0) is 93.0 Å². The minimum Gasteiger partial charge on any atom is -0.0786 e. The first-order valence-corrected chi connectivity index (χ1v) is 8.44. The normalized spacial score (nSPS) is 12.6. The quantitative estimate of drug-likeness (QED) is 0.558. The van der Waals surface area contributed by atoms with Crippen molar-refractivity contribution >= 4 is 15.9 Å². The number of hydrogen-bond acceptors (Lipinski definition) is 0. The number of hydrogen-bond donors (Lipinski definition) is 0. The van der Waals surface area contributed by atoms with Crippen LogP contribution in [0.15, 0.2) is 18.2 Å². The van der Waals surface area contributed by atoms with Crippen molar-refractivity contribution in [2.45, 2.75) is 53.3 Å². The summed E-state index contributed by atoms with van der Waals surface area (Å²) in [6.45, 7) is 15.5. The fourth-order valence-corrected chi connectivity index (χ4v) is 4.77. The fraction of sp³-hybridized carbons (Fsp3) is 0.400. The Morgan fingerprint density at radius 1 is 0.619 bits per heavy atom. The summed E-state index contributed by atoms with van der Waals surface area (Å²) in [4.78, 5) is 0.261. The van der Waals surface area contributed by atoms with Crippen molar-refractivity contribution in [1.82, 2.24) is 0 Å². The Balaban J connectivity index is 2.69. The molecule has 0 saturated carbocycles. The zero-order chi connectivity index (χ0) is 15.9. The van der Waals surface area contributed by atoms with E-state index in [9.17, 15) is 0 Å². The smallest absolute Gasteiger partial charge is 0.0655 e. The summed E-state index contributed by atoms with van der Waals surface area (Å²) >= 11 is 3.99. The molecule has 0 N–H and O–H groups in total. The largest absolute Gasteiger partial charge is 0.0786 e. The van der Waals surface area contributed by atoms with Crippen molar-refractivity contribution in [3.8, 4) is 0 Å². The molecular formula is C20H25Br. The van der Waals surface area contributed by atoms with Gasteiger partial charge in [0.2, 0.25) is 0 Å². The lowest BCUT2D eigenvalue weighted by Crippen LogP contribution is -2.06. The van der Waals surface area contributed by atoms with Crippen LogP contribution in [0.25, 0.3) is 0 Å². The van der Waals surface area contributed by atoms with E-state index in [-0.39, 0.29) is 4.83 Å². The van der Waals surface area contributed by atoms with Crippen molar-refractivity contribution in [2.24, 2.45) is 0 Å². The topological polar surface area (TPSA) is 0 Å². The molecule has 0 spiro atoms. The van der Waals surface area contributed by atoms with Crippen molar-refractivity contribution in [2.75, 3.05) is 0 Å². The first kappa shape index (κ1) is 16.3. The van der Waals surface area contributed by atoms with Gasteiger partial charge in [-0.15, -0.1) is 0 Å². The molecule has 0 radical (unpaired) electrons. The van der Waals surface area contributed by atoms with Gasteiger partial charge in [-0.25, -0.2) is 0 Å². The molecule has 0 heterocycles. The van der Waals surface area contributed by atoms with Crippen LogP contribution < -0.4 is 0 Å². The highest BCUT2D eigenvalue weighted by Gasteiger charge is 2.21. The number of halogens is 1. The maximum Gasteiger partial charge on any atom is 0.0655 e. The summed E-state index contributed by atoms with van der Waals surface area (Å²) in [6, 6.07) is 6.86. The maximum atomic E-state index is 3.99. The third-order valence-corrected chi connectivity index (χ3v) is 5.58. The van der Waals surface area contributed by atoms with E-state index in [1.807, 2.05) is 0 Å². The highest BCUT2D eigenvalue weighted by Crippen LogP contribution is 2.40. The molecule has 0 saturated heterocycles. The summed E-state index contributed by atoms with van der Waals surface area (Å²) < 4.78 is 0. The summed E-state index contributed by atoms with van der Waals surface area (Å²) in [6.07, 6.45) is 0. The third kappa shape index (κ3) is 2.94. The van der Waals surface area contributed by atoms with Crippen molar-refractivity contribution < 1.29 is 0 Å². The van der Waals surface area contributed by atoms with Crippen LogP contribution in [-0.4, -0.2) is 0 Å². The molecule has 2 aromatic carbocycles. The SMILES string of the molecule is Cc1cc(C)c(C(Br)c2c(C)c(C)cc(C)c2C)c(C)c1. The molecule has 0 amide bonds. The Morgan fingerprint density at radius 3 is 1.48 bits per heavy atom. The van der Waals surface area contributed by atoms with E-state index in [0.717, 1.165) is 0 Å². The van der Waals surface area contributed by atoms with E-state index < -0.39 is 0 Å². The molecule has 0 fully saturated rings. The van der Waals surface area contributed by atoms with Crippen LogP contribution in [0.2, 0.25) is 0 Å². The average molecular weight is 345 g/mol. The molecule has 1 atom stereocenters. The molecule has 21 heavy (non-hydrogen) atoms. The van der Waals surface area contributed by atoms with E-state index >= 15 is 0 Å². The second-order valence-corrected chi connectivity index (χ2v) is 7.26. The number of alkyl halides is 1. The molecule has 2 aromatic rings. The highest BCUT2D eigenvalue weighted by molar-refractivity contribution is 9.09. The summed E-state index contributed by atoms with van der Waals surface area (Å²) in [5.74, 6) is 0. The highest BCUT2D eigenvalue weighted by atomic mass is 79.9. The maximum absolute atomic E-state index is 3.99. The van der Waals surface area contributed by atoms with Crippen molar-refractivity contribution in [1.29, 1.82) is 0 Å². The van der Waals surface area contributed by atoms with Crippen molar-refractivity contribution in [3.63, 3.8) is 0 Å². The zero-order valence-electron chi connectivity index (χ0n) is 14.2. The Kier molecular flexibility index (Phi) is 4.63. The molecule has 2 rings (SSSR count). The molecule has 1 heteroatoms. The lowest BCUT2D eigenvalue weighted by atomic mass is 9.87. The zero-order valence-corrected chi connectivity index (χ0v) is 15.8. The molecule has 0 bridgehead atoms.